The third-order valence-corrected chi connectivity index (χ3v) is 11.3. The molecule has 9 aromatic rings. The normalized spacial score (nSPS) is 11.9. The van der Waals surface area contributed by atoms with E-state index in [-0.39, 0.29) is 17.3 Å². The number of hydrogen-bond donors (Lipinski definition) is 0. The van der Waals surface area contributed by atoms with Gasteiger partial charge in [-0.15, -0.1) is 0 Å². The third-order valence-electron chi connectivity index (χ3n) is 11.3. The van der Waals surface area contributed by atoms with Gasteiger partial charge in [-0.05, 0) is 127 Å². The predicted octanol–water partition coefficient (Wildman–Crippen LogP) is 14.1. The fourth-order valence-electron chi connectivity index (χ4n) is 8.21. The fourth-order valence-corrected chi connectivity index (χ4v) is 8.21. The quantitative estimate of drug-likeness (QED) is 0.135. The van der Waals surface area contributed by atoms with Crippen molar-refractivity contribution in [1.29, 1.82) is 0 Å². The van der Waals surface area contributed by atoms with E-state index in [0.29, 0.717) is 33.4 Å². The Balaban J connectivity index is 1.12. The van der Waals surface area contributed by atoms with Crippen molar-refractivity contribution >= 4 is 68.5 Å². The Morgan fingerprint density at radius 3 is 0.635 bits per heavy atom. The maximum Gasteiger partial charge on any atom is 0.193 e. The van der Waals surface area contributed by atoms with Crippen LogP contribution in [-0.2, 0) is 0 Å². The summed E-state index contributed by atoms with van der Waals surface area (Å²) in [5.74, 6) is -0.124. The molecule has 1 heterocycles. The van der Waals surface area contributed by atoms with Gasteiger partial charge in [-0.3, -0.25) is 14.4 Å². The monoisotopic (exact) mass is 813 g/mol. The Morgan fingerprint density at radius 1 is 0.206 bits per heavy atom. The number of benzene rings is 9. The molecule has 0 atom stereocenters. The van der Waals surface area contributed by atoms with Crippen molar-refractivity contribution < 1.29 is 14.4 Å². The van der Waals surface area contributed by atoms with Crippen LogP contribution in [0.15, 0.2) is 237 Å². The molecule has 0 saturated carbocycles. The van der Waals surface area contributed by atoms with Gasteiger partial charge < -0.3 is 14.7 Å². The molecular weight excluding hydrogens is 775 g/mol. The van der Waals surface area contributed by atoms with Crippen molar-refractivity contribution in [2.45, 2.75) is 0 Å². The van der Waals surface area contributed by atoms with Crippen molar-refractivity contribution in [3.05, 3.63) is 270 Å². The van der Waals surface area contributed by atoms with Crippen LogP contribution in [0.1, 0.15) is 47.8 Å². The van der Waals surface area contributed by atoms with E-state index in [0.717, 1.165) is 51.2 Å². The number of anilines is 9. The van der Waals surface area contributed by atoms with Crippen LogP contribution in [0.2, 0.25) is 0 Å². The number of nitrogens with zero attached hydrogens (tertiary/aromatic N) is 3. The first-order valence-electron chi connectivity index (χ1n) is 20.8. The van der Waals surface area contributed by atoms with Gasteiger partial charge in [-0.1, -0.05) is 109 Å². The van der Waals surface area contributed by atoms with Crippen molar-refractivity contribution in [3.8, 4) is 0 Å². The molecular formula is C57H39N3O3. The lowest BCUT2D eigenvalue weighted by molar-refractivity contribution is 0.103. The van der Waals surface area contributed by atoms with Gasteiger partial charge in [0.15, 0.2) is 17.3 Å². The van der Waals surface area contributed by atoms with E-state index in [9.17, 15) is 14.4 Å². The van der Waals surface area contributed by atoms with Crippen molar-refractivity contribution in [2.24, 2.45) is 0 Å². The van der Waals surface area contributed by atoms with Gasteiger partial charge in [-0.2, -0.15) is 0 Å². The first-order chi connectivity index (χ1) is 31.0. The van der Waals surface area contributed by atoms with Gasteiger partial charge in [-0.25, -0.2) is 0 Å². The Morgan fingerprint density at radius 2 is 0.413 bits per heavy atom. The molecule has 10 rings (SSSR count). The van der Waals surface area contributed by atoms with Crippen molar-refractivity contribution in [2.75, 3.05) is 14.7 Å². The zero-order valence-electron chi connectivity index (χ0n) is 34.1. The van der Waals surface area contributed by atoms with Gasteiger partial charge in [0, 0.05) is 84.6 Å². The average Bonchev–Trinajstić information content (AvgIpc) is 3.35. The molecule has 0 fully saturated rings. The average molecular weight is 814 g/mol. The summed E-state index contributed by atoms with van der Waals surface area (Å²) in [7, 11) is 0. The molecule has 0 amide bonds. The molecule has 0 radical (unpaired) electrons. The summed E-state index contributed by atoms with van der Waals surface area (Å²) in [4.78, 5) is 47.1. The van der Waals surface area contributed by atoms with Crippen LogP contribution in [0.5, 0.6) is 0 Å². The van der Waals surface area contributed by atoms with Gasteiger partial charge >= 0.3 is 0 Å². The topological polar surface area (TPSA) is 60.9 Å². The maximum atomic E-state index is 13.5. The van der Waals surface area contributed by atoms with Gasteiger partial charge in [0.05, 0.1) is 0 Å². The highest BCUT2D eigenvalue weighted by Crippen LogP contribution is 2.45. The molecule has 0 aromatic heterocycles. The van der Waals surface area contributed by atoms with Crippen LogP contribution >= 0.6 is 0 Å². The van der Waals surface area contributed by atoms with E-state index in [1.165, 1.54) is 0 Å². The summed E-state index contributed by atoms with van der Waals surface area (Å²) in [6.07, 6.45) is 0. The number of carbonyl (C=O) groups excluding carboxylic acids is 3. The lowest BCUT2D eigenvalue weighted by atomic mass is 10.0. The SMILES string of the molecule is O=C(c1ccccc1)c1ccc(N2c3cccc(c3)N(c3ccc(C(=O)c4ccccc4)cc3)c3cccc(c3)N(c3ccc(C(=O)c4ccccc4)cc3)c3cccc2c3)cc1. The summed E-state index contributed by atoms with van der Waals surface area (Å²) in [6, 6.07) is 76.3. The van der Waals surface area contributed by atoms with E-state index >= 15 is 0 Å². The van der Waals surface area contributed by atoms with E-state index in [4.69, 9.17) is 0 Å². The second-order valence-electron chi connectivity index (χ2n) is 15.3. The molecule has 6 bridgehead atoms. The predicted molar refractivity (Wildman–Crippen MR) is 254 cm³/mol. The largest absolute Gasteiger partial charge is 0.310 e. The summed E-state index contributed by atoms with van der Waals surface area (Å²) >= 11 is 0. The second kappa shape index (κ2) is 16.8. The van der Waals surface area contributed by atoms with Crippen LogP contribution in [0.4, 0.5) is 51.2 Å². The molecule has 300 valence electrons. The highest BCUT2D eigenvalue weighted by Gasteiger charge is 2.23. The van der Waals surface area contributed by atoms with E-state index < -0.39 is 0 Å². The molecule has 63 heavy (non-hydrogen) atoms. The zero-order chi connectivity index (χ0) is 42.7. The summed E-state index contributed by atoms with van der Waals surface area (Å²) in [5.41, 5.74) is 11.7. The molecule has 0 aliphatic carbocycles. The third kappa shape index (κ3) is 7.69. The van der Waals surface area contributed by atoms with Crippen LogP contribution < -0.4 is 14.7 Å². The molecule has 0 N–H and O–H groups in total. The molecule has 1 aliphatic rings. The Kier molecular flexibility index (Phi) is 10.3. The van der Waals surface area contributed by atoms with Crippen LogP contribution in [0, 0.1) is 0 Å². The van der Waals surface area contributed by atoms with E-state index in [2.05, 4.69) is 87.5 Å². The van der Waals surface area contributed by atoms with Gasteiger partial charge in [0.25, 0.3) is 0 Å². The first kappa shape index (κ1) is 38.6. The van der Waals surface area contributed by atoms with Crippen LogP contribution in [-0.4, -0.2) is 17.3 Å². The molecule has 1 aliphatic heterocycles. The first-order valence-corrected chi connectivity index (χ1v) is 20.8. The second-order valence-corrected chi connectivity index (χ2v) is 15.3. The minimum absolute atomic E-state index is 0.0414. The summed E-state index contributed by atoms with van der Waals surface area (Å²) in [5, 5.41) is 0. The van der Waals surface area contributed by atoms with E-state index in [1.807, 2.05) is 164 Å². The van der Waals surface area contributed by atoms with Crippen LogP contribution in [0.25, 0.3) is 0 Å². The minimum atomic E-state index is -0.0414. The smallest absolute Gasteiger partial charge is 0.193 e. The lowest BCUT2D eigenvalue weighted by Gasteiger charge is -2.33. The molecule has 0 spiro atoms. The molecule has 6 heteroatoms. The number of carbonyl (C=O) groups is 3. The zero-order valence-corrected chi connectivity index (χ0v) is 34.1. The molecule has 9 aromatic carbocycles. The van der Waals surface area contributed by atoms with Crippen molar-refractivity contribution in [1.82, 2.24) is 0 Å². The lowest BCUT2D eigenvalue weighted by Crippen LogP contribution is -2.17. The summed E-state index contributed by atoms with van der Waals surface area (Å²) in [6.45, 7) is 0. The van der Waals surface area contributed by atoms with Gasteiger partial charge in [0.2, 0.25) is 0 Å². The number of ketones is 3. The molecule has 0 unspecified atom stereocenters. The van der Waals surface area contributed by atoms with Crippen molar-refractivity contribution in [3.63, 3.8) is 0 Å². The highest BCUT2D eigenvalue weighted by molar-refractivity contribution is 6.10. The maximum absolute atomic E-state index is 13.5. The number of rotatable bonds is 9. The minimum Gasteiger partial charge on any atom is -0.310 e. The van der Waals surface area contributed by atoms with E-state index in [1.54, 1.807) is 0 Å². The molecule has 6 nitrogen and oxygen atoms in total. The number of fused-ring (bicyclic) bond motifs is 6. The Labute approximate surface area is 366 Å². The molecule has 0 saturated heterocycles. The Hall–Kier alpha value is -8.61. The summed E-state index contributed by atoms with van der Waals surface area (Å²) < 4.78 is 0. The number of hydrogen-bond acceptors (Lipinski definition) is 6. The Bertz CT molecular complexity index is 2700. The highest BCUT2D eigenvalue weighted by atomic mass is 16.1. The fraction of sp³-hybridized carbons (Fsp3) is 0. The standard InChI is InChI=1S/C57H39N3O3/c61-55(40-13-4-1-5-14-40)43-25-31-46(32-26-43)58-49-19-10-21-51(37-49)59(47-33-27-44(28-34-47)56(62)41-15-6-2-7-16-41)53-23-12-24-54(39-53)60(52-22-11-20-50(58)38-52)48-35-29-45(30-36-48)57(63)42-17-8-3-9-18-42/h1-39H. The van der Waals surface area contributed by atoms with Crippen LogP contribution in [0.3, 0.4) is 0 Å². The van der Waals surface area contributed by atoms with Gasteiger partial charge in [0.1, 0.15) is 0 Å².